The number of para-hydroxylation sites is 2. The summed E-state index contributed by atoms with van der Waals surface area (Å²) >= 11 is 0. The van der Waals surface area contributed by atoms with Crippen molar-refractivity contribution in [3.63, 3.8) is 0 Å². The van der Waals surface area contributed by atoms with Crippen LogP contribution < -0.4 is 30.7 Å². The smallest absolute Gasteiger partial charge is 0.251 e. The highest BCUT2D eigenvalue weighted by molar-refractivity contribution is 6.06. The topological polar surface area (TPSA) is 132 Å². The van der Waals surface area contributed by atoms with Crippen molar-refractivity contribution in [2.75, 3.05) is 58.9 Å². The zero-order valence-electron chi connectivity index (χ0n) is 30.9. The minimum absolute atomic E-state index is 0.124. The summed E-state index contributed by atoms with van der Waals surface area (Å²) < 4.78 is 13.3. The van der Waals surface area contributed by atoms with E-state index in [2.05, 4.69) is 63.1 Å². The van der Waals surface area contributed by atoms with E-state index in [1.807, 2.05) is 55.5 Å². The minimum Gasteiger partial charge on any atom is -0.454 e. The fourth-order valence-corrected chi connectivity index (χ4v) is 7.27. The van der Waals surface area contributed by atoms with Gasteiger partial charge in [-0.2, -0.15) is 0 Å². The van der Waals surface area contributed by atoms with Gasteiger partial charge in [0.25, 0.3) is 11.8 Å². The van der Waals surface area contributed by atoms with Gasteiger partial charge in [-0.1, -0.05) is 38.1 Å². The lowest BCUT2D eigenvalue weighted by Crippen LogP contribution is -2.49. The largest absolute Gasteiger partial charge is 0.454 e. The summed E-state index contributed by atoms with van der Waals surface area (Å²) in [7, 11) is 0. The lowest BCUT2D eigenvalue weighted by atomic mass is 9.98. The standard InChI is InChI=1S/C42H46N8O4/c1-4-44-41(51)27-13-15-37-33(22-27)48-40(49-19-16-43-17-20-49)31-10-7-9-29(38(31)54-37)34-25-50(21-18-45-34)39-30-8-5-6-11-35(30)53-36-14-12-28(23-32(36)47-39)42(52)46-24-26(2)3/h5-15,22-23,26,34,43,45H,4,16-21,24-25H2,1-3H3,(H,44,51)(H,46,52). The molecule has 0 saturated carbocycles. The molecule has 4 N–H and O–H groups in total. The van der Waals surface area contributed by atoms with Gasteiger partial charge in [0.15, 0.2) is 11.5 Å². The average Bonchev–Trinajstić information content (AvgIpc) is 3.48. The van der Waals surface area contributed by atoms with E-state index < -0.39 is 0 Å². The van der Waals surface area contributed by atoms with E-state index in [0.29, 0.717) is 78.4 Å². The van der Waals surface area contributed by atoms with Gasteiger partial charge in [0.2, 0.25) is 0 Å². The first kappa shape index (κ1) is 35.3. The fraction of sp³-hybridized carbons (Fsp3) is 0.333. The van der Waals surface area contributed by atoms with Crippen LogP contribution in [-0.2, 0) is 0 Å². The highest BCUT2D eigenvalue weighted by Crippen LogP contribution is 2.44. The molecule has 4 aromatic carbocycles. The number of amides is 2. The summed E-state index contributed by atoms with van der Waals surface area (Å²) in [6.45, 7) is 12.5. The van der Waals surface area contributed by atoms with Crippen molar-refractivity contribution in [2.45, 2.75) is 26.8 Å². The van der Waals surface area contributed by atoms with Crippen LogP contribution >= 0.6 is 0 Å². The number of aliphatic imine (C=N–C) groups is 2. The molecule has 4 heterocycles. The van der Waals surface area contributed by atoms with Crippen LogP contribution in [0.2, 0.25) is 0 Å². The number of benzene rings is 4. The second kappa shape index (κ2) is 15.3. The summed E-state index contributed by atoms with van der Waals surface area (Å²) in [6, 6.07) is 25.0. The Morgan fingerprint density at radius 2 is 1.41 bits per heavy atom. The van der Waals surface area contributed by atoms with Crippen molar-refractivity contribution in [3.8, 4) is 23.0 Å². The number of hydrogen-bond acceptors (Lipinski definition) is 10. The molecular weight excluding hydrogens is 681 g/mol. The van der Waals surface area contributed by atoms with Crippen LogP contribution in [0.5, 0.6) is 23.0 Å². The number of amidine groups is 2. The molecule has 1 unspecified atom stereocenters. The first-order valence-corrected chi connectivity index (χ1v) is 18.9. The van der Waals surface area contributed by atoms with Gasteiger partial charge < -0.3 is 40.5 Å². The van der Waals surface area contributed by atoms with E-state index in [4.69, 9.17) is 19.5 Å². The van der Waals surface area contributed by atoms with Gasteiger partial charge >= 0.3 is 0 Å². The van der Waals surface area contributed by atoms with Crippen LogP contribution in [0.4, 0.5) is 11.4 Å². The Kier molecular flexibility index (Phi) is 10.0. The van der Waals surface area contributed by atoms with Crippen molar-refractivity contribution >= 4 is 34.9 Å². The average molecular weight is 727 g/mol. The number of rotatable bonds is 6. The van der Waals surface area contributed by atoms with Crippen LogP contribution in [0.1, 0.15) is 64.2 Å². The predicted molar refractivity (Wildman–Crippen MR) is 210 cm³/mol. The van der Waals surface area contributed by atoms with Crippen LogP contribution in [0, 0.1) is 5.92 Å². The summed E-state index contributed by atoms with van der Waals surface area (Å²) in [5.74, 6) is 4.31. The molecule has 0 aromatic heterocycles. The maximum absolute atomic E-state index is 13.1. The summed E-state index contributed by atoms with van der Waals surface area (Å²) in [4.78, 5) is 40.9. The normalized spacial score (nSPS) is 17.6. The third kappa shape index (κ3) is 7.14. The van der Waals surface area contributed by atoms with Gasteiger partial charge in [-0.3, -0.25) is 9.59 Å². The lowest BCUT2D eigenvalue weighted by Gasteiger charge is -2.37. The van der Waals surface area contributed by atoms with Crippen LogP contribution in [-0.4, -0.2) is 92.2 Å². The Morgan fingerprint density at radius 1 is 0.759 bits per heavy atom. The predicted octanol–water partition coefficient (Wildman–Crippen LogP) is 5.74. The molecule has 0 spiro atoms. The Labute approximate surface area is 315 Å². The van der Waals surface area contributed by atoms with Crippen molar-refractivity contribution in [3.05, 3.63) is 107 Å². The number of nitrogens with one attached hydrogen (secondary N) is 4. The quantitative estimate of drug-likeness (QED) is 0.198. The van der Waals surface area contributed by atoms with Crippen LogP contribution in [0.25, 0.3) is 0 Å². The van der Waals surface area contributed by atoms with Crippen LogP contribution in [0.3, 0.4) is 0 Å². The first-order valence-electron chi connectivity index (χ1n) is 18.9. The third-order valence-corrected chi connectivity index (χ3v) is 10.0. The number of hydrogen-bond donors (Lipinski definition) is 4. The van der Waals surface area contributed by atoms with Gasteiger partial charge in [-0.25, -0.2) is 9.98 Å². The number of carbonyl (C=O) groups is 2. The van der Waals surface area contributed by atoms with Gasteiger partial charge in [0, 0.05) is 75.6 Å². The van der Waals surface area contributed by atoms with Gasteiger partial charge in [0.1, 0.15) is 34.5 Å². The molecule has 4 aromatic rings. The molecule has 1 atom stereocenters. The van der Waals surface area contributed by atoms with E-state index in [-0.39, 0.29) is 17.9 Å². The van der Waals surface area contributed by atoms with Gasteiger partial charge in [-0.15, -0.1) is 0 Å². The lowest BCUT2D eigenvalue weighted by molar-refractivity contribution is 0.0943. The summed E-state index contributed by atoms with van der Waals surface area (Å²) in [5, 5.41) is 13.1. The monoisotopic (exact) mass is 726 g/mol. The number of piperazine rings is 2. The zero-order chi connectivity index (χ0) is 37.2. The molecule has 0 bridgehead atoms. The van der Waals surface area contributed by atoms with E-state index in [1.165, 1.54) is 0 Å². The van der Waals surface area contributed by atoms with E-state index in [1.54, 1.807) is 12.1 Å². The molecule has 8 rings (SSSR count). The Bertz CT molecular complexity index is 2140. The van der Waals surface area contributed by atoms with Crippen molar-refractivity contribution in [1.82, 2.24) is 31.1 Å². The molecule has 4 aliphatic rings. The molecule has 0 radical (unpaired) electrons. The van der Waals surface area contributed by atoms with Gasteiger partial charge in [0.05, 0.1) is 17.2 Å². The molecule has 12 heteroatoms. The van der Waals surface area contributed by atoms with Gasteiger partial charge in [-0.05, 0) is 67.4 Å². The number of nitrogens with zero attached hydrogens (tertiary/aromatic N) is 4. The molecule has 2 amide bonds. The first-order chi connectivity index (χ1) is 26.4. The van der Waals surface area contributed by atoms with Crippen LogP contribution in [0.15, 0.2) is 88.8 Å². The van der Waals surface area contributed by atoms with E-state index >= 15 is 0 Å². The number of ether oxygens (including phenoxy) is 2. The molecule has 0 aliphatic carbocycles. The molecule has 12 nitrogen and oxygen atoms in total. The van der Waals surface area contributed by atoms with Crippen molar-refractivity contribution in [1.29, 1.82) is 0 Å². The highest BCUT2D eigenvalue weighted by Gasteiger charge is 2.33. The van der Waals surface area contributed by atoms with E-state index in [0.717, 1.165) is 60.3 Å². The zero-order valence-corrected chi connectivity index (χ0v) is 30.9. The number of fused-ring (bicyclic) bond motifs is 4. The minimum atomic E-state index is -0.144. The third-order valence-electron chi connectivity index (χ3n) is 10.0. The van der Waals surface area contributed by atoms with E-state index in [9.17, 15) is 9.59 Å². The SMILES string of the molecule is CCNC(=O)c1ccc2c(c1)N=C(N1CCNCC1)c1cccc(C3CN(C4=Nc5cc(C(=O)NCC(C)C)ccc5Oc5ccccc54)CCN3)c1O2. The molecule has 278 valence electrons. The van der Waals surface area contributed by atoms with Crippen molar-refractivity contribution in [2.24, 2.45) is 15.9 Å². The summed E-state index contributed by atoms with van der Waals surface area (Å²) in [6.07, 6.45) is 0. The molecule has 2 fully saturated rings. The number of carbonyl (C=O) groups excluding carboxylic acids is 2. The maximum atomic E-state index is 13.1. The Balaban J connectivity index is 1.16. The maximum Gasteiger partial charge on any atom is 0.251 e. The molecular formula is C42H46N8O4. The Hall–Kier alpha value is -5.72. The second-order valence-corrected chi connectivity index (χ2v) is 14.3. The molecule has 2 saturated heterocycles. The second-order valence-electron chi connectivity index (χ2n) is 14.3. The van der Waals surface area contributed by atoms with Crippen molar-refractivity contribution < 1.29 is 19.1 Å². The highest BCUT2D eigenvalue weighted by atomic mass is 16.5. The Morgan fingerprint density at radius 3 is 2.13 bits per heavy atom. The fourth-order valence-electron chi connectivity index (χ4n) is 7.27. The molecule has 4 aliphatic heterocycles. The summed E-state index contributed by atoms with van der Waals surface area (Å²) in [5.41, 5.74) is 5.09. The molecule has 54 heavy (non-hydrogen) atoms.